The highest BCUT2D eigenvalue weighted by Crippen LogP contribution is 2.27. The predicted molar refractivity (Wildman–Crippen MR) is 95.9 cm³/mol. The molecular formula is C16H23N7O4. The Hall–Kier alpha value is -2.50. The number of morpholine rings is 2. The number of hydrogen-bond acceptors (Lipinski definition) is 9. The molecule has 11 heteroatoms. The molecule has 27 heavy (non-hydrogen) atoms. The summed E-state index contributed by atoms with van der Waals surface area (Å²) in [5.41, 5.74) is 2.32. The molecule has 4 heterocycles. The Morgan fingerprint density at radius 2 is 1.74 bits per heavy atom. The average Bonchev–Trinajstić information content (AvgIpc) is 3.15. The number of fused-ring (bicyclic) bond motifs is 1. The molecule has 0 aromatic carbocycles. The molecule has 0 saturated carbocycles. The third-order valence-electron chi connectivity index (χ3n) is 4.74. The molecule has 2 aliphatic heterocycles. The second-order valence-electron chi connectivity index (χ2n) is 6.44. The van der Waals surface area contributed by atoms with E-state index >= 15 is 0 Å². The molecule has 1 amide bonds. The molecule has 2 aromatic rings. The molecular weight excluding hydrogens is 354 g/mol. The largest absolute Gasteiger partial charge is 0.378 e. The molecule has 2 aliphatic rings. The van der Waals surface area contributed by atoms with Crippen LogP contribution in [0, 0.1) is 0 Å². The number of nitrogens with one attached hydrogen (secondary N) is 1. The van der Waals surface area contributed by atoms with Gasteiger partial charge >= 0.3 is 0 Å². The maximum absolute atomic E-state index is 11.4. The summed E-state index contributed by atoms with van der Waals surface area (Å²) in [4.78, 5) is 25.2. The highest BCUT2D eigenvalue weighted by molar-refractivity contribution is 5.88. The van der Waals surface area contributed by atoms with Crippen molar-refractivity contribution in [2.24, 2.45) is 0 Å². The number of aryl methyl sites for hydroxylation is 1. The van der Waals surface area contributed by atoms with E-state index in [1.54, 1.807) is 16.4 Å². The zero-order chi connectivity index (χ0) is 18.6. The van der Waals surface area contributed by atoms with Crippen LogP contribution < -0.4 is 15.3 Å². The lowest BCUT2D eigenvalue weighted by Crippen LogP contribution is -2.39. The topological polar surface area (TPSA) is 118 Å². The number of hydrogen-bond donors (Lipinski definition) is 2. The van der Waals surface area contributed by atoms with Gasteiger partial charge in [-0.1, -0.05) is 0 Å². The molecule has 146 valence electrons. The number of amides is 1. The van der Waals surface area contributed by atoms with Gasteiger partial charge in [0.2, 0.25) is 11.9 Å². The molecule has 2 N–H and O–H groups in total. The van der Waals surface area contributed by atoms with Crippen molar-refractivity contribution in [3.63, 3.8) is 0 Å². The Balaban J connectivity index is 1.72. The number of aromatic nitrogens is 4. The van der Waals surface area contributed by atoms with E-state index in [1.165, 1.54) is 0 Å². The fraction of sp³-hybridized carbons (Fsp3) is 0.625. The zero-order valence-electron chi connectivity index (χ0n) is 15.0. The van der Waals surface area contributed by atoms with E-state index in [-0.39, 0.29) is 6.42 Å². The standard InChI is InChI=1S/C16H23N7O4/c24-13(20-25)1-2-23-15-12(11-17-23)14(21-3-7-26-8-4-21)18-16(19-15)22-5-9-27-10-6-22/h11,25H,1-10H2,(H,20,24). The average molecular weight is 377 g/mol. The van der Waals surface area contributed by atoms with Gasteiger partial charge in [0.05, 0.1) is 44.6 Å². The van der Waals surface area contributed by atoms with Gasteiger partial charge in [0.15, 0.2) is 5.65 Å². The first kappa shape index (κ1) is 17.9. The smallest absolute Gasteiger partial charge is 0.245 e. The minimum atomic E-state index is -0.463. The summed E-state index contributed by atoms with van der Waals surface area (Å²) >= 11 is 0. The molecule has 0 spiro atoms. The van der Waals surface area contributed by atoms with E-state index in [0.29, 0.717) is 44.6 Å². The molecule has 2 aromatic heterocycles. The van der Waals surface area contributed by atoms with Gasteiger partial charge in [-0.25, -0.2) is 10.2 Å². The van der Waals surface area contributed by atoms with E-state index in [1.807, 2.05) is 0 Å². The molecule has 2 saturated heterocycles. The van der Waals surface area contributed by atoms with Crippen LogP contribution in [0.15, 0.2) is 6.20 Å². The minimum Gasteiger partial charge on any atom is -0.378 e. The van der Waals surface area contributed by atoms with Crippen LogP contribution in [0.25, 0.3) is 11.0 Å². The second kappa shape index (κ2) is 8.03. The van der Waals surface area contributed by atoms with Gasteiger partial charge in [-0.05, 0) is 0 Å². The van der Waals surface area contributed by atoms with Gasteiger partial charge in [0.25, 0.3) is 0 Å². The quantitative estimate of drug-likeness (QED) is 0.520. The maximum Gasteiger partial charge on any atom is 0.245 e. The van der Waals surface area contributed by atoms with Gasteiger partial charge in [0, 0.05) is 32.6 Å². The number of carbonyl (C=O) groups excluding carboxylic acids is 1. The summed E-state index contributed by atoms with van der Waals surface area (Å²) in [6, 6.07) is 0. The first-order chi connectivity index (χ1) is 13.3. The number of anilines is 2. The first-order valence-corrected chi connectivity index (χ1v) is 9.08. The minimum absolute atomic E-state index is 0.108. The molecule has 11 nitrogen and oxygen atoms in total. The molecule has 0 unspecified atom stereocenters. The van der Waals surface area contributed by atoms with Crippen LogP contribution in [0.4, 0.5) is 11.8 Å². The Bertz CT molecular complexity index is 799. The van der Waals surface area contributed by atoms with Crippen molar-refractivity contribution in [1.29, 1.82) is 0 Å². The van der Waals surface area contributed by atoms with Crippen LogP contribution in [0.2, 0.25) is 0 Å². The fourth-order valence-corrected chi connectivity index (χ4v) is 3.28. The van der Waals surface area contributed by atoms with Crippen LogP contribution in [-0.4, -0.2) is 83.5 Å². The molecule has 4 rings (SSSR count). The van der Waals surface area contributed by atoms with E-state index in [0.717, 1.165) is 37.4 Å². The third-order valence-corrected chi connectivity index (χ3v) is 4.74. The molecule has 0 atom stereocenters. The van der Waals surface area contributed by atoms with Gasteiger partial charge < -0.3 is 19.3 Å². The van der Waals surface area contributed by atoms with Crippen LogP contribution in [0.3, 0.4) is 0 Å². The van der Waals surface area contributed by atoms with Gasteiger partial charge in [-0.2, -0.15) is 15.1 Å². The Labute approximate surface area is 155 Å². The number of hydroxylamine groups is 1. The van der Waals surface area contributed by atoms with Crippen LogP contribution in [0.5, 0.6) is 0 Å². The van der Waals surface area contributed by atoms with E-state index in [4.69, 9.17) is 24.6 Å². The fourth-order valence-electron chi connectivity index (χ4n) is 3.28. The van der Waals surface area contributed by atoms with Gasteiger partial charge in [-0.15, -0.1) is 0 Å². The number of ether oxygens (including phenoxy) is 2. The lowest BCUT2D eigenvalue weighted by atomic mass is 10.3. The summed E-state index contributed by atoms with van der Waals surface area (Å²) in [7, 11) is 0. The number of carbonyl (C=O) groups is 1. The molecule has 0 radical (unpaired) electrons. The molecule has 2 fully saturated rings. The Morgan fingerprint density at radius 1 is 1.07 bits per heavy atom. The van der Waals surface area contributed by atoms with E-state index in [2.05, 4.69) is 14.9 Å². The van der Waals surface area contributed by atoms with Crippen molar-refractivity contribution < 1.29 is 19.5 Å². The van der Waals surface area contributed by atoms with E-state index < -0.39 is 5.91 Å². The van der Waals surface area contributed by atoms with Crippen LogP contribution in [-0.2, 0) is 20.8 Å². The SMILES string of the molecule is O=C(CCn1ncc2c(N3CCOCC3)nc(N3CCOCC3)nc21)NO. The highest BCUT2D eigenvalue weighted by atomic mass is 16.5. The first-order valence-electron chi connectivity index (χ1n) is 9.08. The van der Waals surface area contributed by atoms with Crippen molar-refractivity contribution in [3.8, 4) is 0 Å². The number of rotatable bonds is 5. The molecule has 0 bridgehead atoms. The zero-order valence-corrected chi connectivity index (χ0v) is 15.0. The Kier molecular flexibility index (Phi) is 5.32. The van der Waals surface area contributed by atoms with E-state index in [9.17, 15) is 4.79 Å². The monoisotopic (exact) mass is 377 g/mol. The van der Waals surface area contributed by atoms with Crippen molar-refractivity contribution >= 4 is 28.7 Å². The summed E-state index contributed by atoms with van der Waals surface area (Å²) < 4.78 is 12.6. The second-order valence-corrected chi connectivity index (χ2v) is 6.44. The van der Waals surface area contributed by atoms with Crippen molar-refractivity contribution in [2.45, 2.75) is 13.0 Å². The predicted octanol–water partition coefficient (Wildman–Crippen LogP) is -0.605. The third kappa shape index (κ3) is 3.80. The highest BCUT2D eigenvalue weighted by Gasteiger charge is 2.23. The summed E-state index contributed by atoms with van der Waals surface area (Å²) in [6.45, 7) is 5.89. The molecule has 0 aliphatic carbocycles. The van der Waals surface area contributed by atoms with Crippen molar-refractivity contribution in [3.05, 3.63) is 6.20 Å². The maximum atomic E-state index is 11.4. The Morgan fingerprint density at radius 3 is 2.41 bits per heavy atom. The van der Waals surface area contributed by atoms with Gasteiger partial charge in [0.1, 0.15) is 5.82 Å². The summed E-state index contributed by atoms with van der Waals surface area (Å²) in [6.07, 6.45) is 1.84. The summed E-state index contributed by atoms with van der Waals surface area (Å²) in [5, 5.41) is 14.0. The van der Waals surface area contributed by atoms with Gasteiger partial charge in [-0.3, -0.25) is 10.0 Å². The van der Waals surface area contributed by atoms with Crippen molar-refractivity contribution in [1.82, 2.24) is 25.2 Å². The van der Waals surface area contributed by atoms with Crippen molar-refractivity contribution in [2.75, 3.05) is 62.4 Å². The number of nitrogens with zero attached hydrogens (tertiary/aromatic N) is 6. The van der Waals surface area contributed by atoms with Crippen LogP contribution in [0.1, 0.15) is 6.42 Å². The summed E-state index contributed by atoms with van der Waals surface area (Å²) in [5.74, 6) is 1.01. The van der Waals surface area contributed by atoms with Crippen LogP contribution >= 0.6 is 0 Å². The normalized spacial score (nSPS) is 18.1. The lowest BCUT2D eigenvalue weighted by molar-refractivity contribution is -0.129. The lowest BCUT2D eigenvalue weighted by Gasteiger charge is -2.31.